The monoisotopic (exact) mass is 243 g/mol. The first-order valence-electron chi connectivity index (χ1n) is 5.75. The highest BCUT2D eigenvalue weighted by Gasteiger charge is 2.13. The highest BCUT2D eigenvalue weighted by atomic mass is 16.5. The molecule has 1 aromatic carbocycles. The fourth-order valence-electron chi connectivity index (χ4n) is 1.92. The Labute approximate surface area is 107 Å². The van der Waals surface area contributed by atoms with Crippen LogP contribution in [0.3, 0.4) is 0 Å². The number of aryl methyl sites for hydroxylation is 1. The third-order valence-corrected chi connectivity index (χ3v) is 2.85. The van der Waals surface area contributed by atoms with Gasteiger partial charge in [-0.3, -0.25) is 0 Å². The molecular weight excluding hydrogens is 226 g/mol. The summed E-state index contributed by atoms with van der Waals surface area (Å²) in [6.45, 7) is 6.32. The highest BCUT2D eigenvalue weighted by molar-refractivity contribution is 5.72. The van der Waals surface area contributed by atoms with Crippen molar-refractivity contribution in [3.63, 3.8) is 0 Å². The normalized spacial score (nSPS) is 10.3. The first-order chi connectivity index (χ1) is 8.67. The van der Waals surface area contributed by atoms with E-state index < -0.39 is 0 Å². The molecule has 0 saturated heterocycles. The fourth-order valence-corrected chi connectivity index (χ4v) is 1.92. The molecule has 2 N–H and O–H groups in total. The molecule has 2 aromatic rings. The molecule has 1 aromatic heterocycles. The van der Waals surface area contributed by atoms with Gasteiger partial charge in [0.1, 0.15) is 23.1 Å². The lowest BCUT2D eigenvalue weighted by Gasteiger charge is -2.05. The van der Waals surface area contributed by atoms with E-state index in [2.05, 4.69) is 11.6 Å². The van der Waals surface area contributed by atoms with E-state index in [0.29, 0.717) is 12.4 Å². The second-order valence-corrected chi connectivity index (χ2v) is 4.02. The average Bonchev–Trinajstić information content (AvgIpc) is 2.67. The molecule has 0 amide bonds. The van der Waals surface area contributed by atoms with E-state index in [4.69, 9.17) is 10.5 Å². The van der Waals surface area contributed by atoms with Crippen LogP contribution in [0.1, 0.15) is 5.82 Å². The zero-order valence-corrected chi connectivity index (χ0v) is 10.7. The van der Waals surface area contributed by atoms with Gasteiger partial charge in [0, 0.05) is 12.1 Å². The molecule has 94 valence electrons. The molecule has 0 aliphatic heterocycles. The molecule has 0 unspecified atom stereocenters. The summed E-state index contributed by atoms with van der Waals surface area (Å²) in [5, 5.41) is 0. The molecule has 0 fully saturated rings. The van der Waals surface area contributed by atoms with Gasteiger partial charge in [0.2, 0.25) is 0 Å². The summed E-state index contributed by atoms with van der Waals surface area (Å²) in [7, 11) is 1.64. The van der Waals surface area contributed by atoms with Crippen molar-refractivity contribution in [3.8, 4) is 17.0 Å². The molecule has 4 nitrogen and oxygen atoms in total. The van der Waals surface area contributed by atoms with Gasteiger partial charge in [-0.15, -0.1) is 6.58 Å². The summed E-state index contributed by atoms with van der Waals surface area (Å²) in [5.41, 5.74) is 7.87. The van der Waals surface area contributed by atoms with Gasteiger partial charge in [-0.05, 0) is 19.1 Å². The molecular formula is C14H17N3O. The highest BCUT2D eigenvalue weighted by Crippen LogP contribution is 2.28. The van der Waals surface area contributed by atoms with Crippen molar-refractivity contribution in [1.82, 2.24) is 9.55 Å². The number of rotatable bonds is 4. The smallest absolute Gasteiger partial charge is 0.132 e. The van der Waals surface area contributed by atoms with Crippen molar-refractivity contribution >= 4 is 5.82 Å². The second kappa shape index (κ2) is 4.96. The van der Waals surface area contributed by atoms with Crippen molar-refractivity contribution in [1.29, 1.82) is 0 Å². The Morgan fingerprint density at radius 1 is 1.50 bits per heavy atom. The van der Waals surface area contributed by atoms with E-state index in [1.807, 2.05) is 35.8 Å². The molecule has 0 radical (unpaired) electrons. The lowest BCUT2D eigenvalue weighted by atomic mass is 10.1. The lowest BCUT2D eigenvalue weighted by Crippen LogP contribution is -2.03. The van der Waals surface area contributed by atoms with Crippen molar-refractivity contribution in [2.45, 2.75) is 13.5 Å². The predicted molar refractivity (Wildman–Crippen MR) is 73.6 cm³/mol. The van der Waals surface area contributed by atoms with Gasteiger partial charge in [-0.25, -0.2) is 4.98 Å². The van der Waals surface area contributed by atoms with Crippen LogP contribution in [-0.2, 0) is 6.54 Å². The summed E-state index contributed by atoms with van der Waals surface area (Å²) in [5.74, 6) is 2.33. The van der Waals surface area contributed by atoms with Crippen molar-refractivity contribution in [3.05, 3.63) is 42.7 Å². The van der Waals surface area contributed by atoms with Gasteiger partial charge in [0.15, 0.2) is 0 Å². The number of aromatic nitrogens is 2. The van der Waals surface area contributed by atoms with E-state index in [9.17, 15) is 0 Å². The summed E-state index contributed by atoms with van der Waals surface area (Å²) in [6.07, 6.45) is 1.81. The summed E-state index contributed by atoms with van der Waals surface area (Å²) in [4.78, 5) is 4.51. The minimum atomic E-state index is 0.653. The second-order valence-electron chi connectivity index (χ2n) is 4.02. The maximum Gasteiger partial charge on any atom is 0.132 e. The molecule has 2 rings (SSSR count). The topological polar surface area (TPSA) is 53.1 Å². The Morgan fingerprint density at radius 3 is 2.94 bits per heavy atom. The van der Waals surface area contributed by atoms with Crippen LogP contribution < -0.4 is 10.5 Å². The van der Waals surface area contributed by atoms with E-state index in [1.54, 1.807) is 13.2 Å². The van der Waals surface area contributed by atoms with Crippen LogP contribution in [0.25, 0.3) is 11.3 Å². The Bertz CT molecular complexity index is 572. The van der Waals surface area contributed by atoms with E-state index in [1.165, 1.54) is 0 Å². The van der Waals surface area contributed by atoms with Gasteiger partial charge < -0.3 is 15.0 Å². The quantitative estimate of drug-likeness (QED) is 0.840. The number of nitrogens with two attached hydrogens (primary N) is 1. The SMILES string of the molecule is C=CCn1c(C)nc(-c2cccc(OC)c2)c1N. The predicted octanol–water partition coefficient (Wildman–Crippen LogP) is 2.64. The Morgan fingerprint density at radius 2 is 2.28 bits per heavy atom. The van der Waals surface area contributed by atoms with E-state index >= 15 is 0 Å². The van der Waals surface area contributed by atoms with Crippen molar-refractivity contribution in [2.24, 2.45) is 0 Å². The van der Waals surface area contributed by atoms with E-state index in [0.717, 1.165) is 22.8 Å². The summed E-state index contributed by atoms with van der Waals surface area (Å²) >= 11 is 0. The molecule has 0 saturated carbocycles. The Kier molecular flexibility index (Phi) is 3.37. The number of nitrogen functional groups attached to an aromatic ring is 1. The Hall–Kier alpha value is -2.23. The van der Waals surface area contributed by atoms with Crippen LogP contribution in [0.4, 0.5) is 5.82 Å². The molecule has 1 heterocycles. The summed E-state index contributed by atoms with van der Waals surface area (Å²) in [6, 6.07) is 7.72. The molecule has 0 aliphatic rings. The van der Waals surface area contributed by atoms with Crippen LogP contribution in [0.15, 0.2) is 36.9 Å². The number of hydrogen-bond acceptors (Lipinski definition) is 3. The molecule has 0 spiro atoms. The van der Waals surface area contributed by atoms with Crippen LogP contribution in [0.5, 0.6) is 5.75 Å². The average molecular weight is 243 g/mol. The molecule has 0 atom stereocenters. The van der Waals surface area contributed by atoms with Crippen LogP contribution in [0, 0.1) is 6.92 Å². The lowest BCUT2D eigenvalue weighted by molar-refractivity contribution is 0.415. The molecule has 18 heavy (non-hydrogen) atoms. The zero-order chi connectivity index (χ0) is 13.1. The van der Waals surface area contributed by atoms with Crippen LogP contribution in [-0.4, -0.2) is 16.7 Å². The molecule has 4 heteroatoms. The number of methoxy groups -OCH3 is 1. The third kappa shape index (κ3) is 2.09. The van der Waals surface area contributed by atoms with Crippen LogP contribution in [0.2, 0.25) is 0 Å². The number of ether oxygens (including phenoxy) is 1. The molecule has 0 bridgehead atoms. The number of hydrogen-bond donors (Lipinski definition) is 1. The van der Waals surface area contributed by atoms with Crippen LogP contribution >= 0.6 is 0 Å². The Balaban J connectivity index is 2.50. The standard InChI is InChI=1S/C14H17N3O/c1-4-8-17-10(2)16-13(14(17)15)11-6-5-7-12(9-11)18-3/h4-7,9H,1,8,15H2,2-3H3. The van der Waals surface area contributed by atoms with Gasteiger partial charge in [0.05, 0.1) is 7.11 Å². The first kappa shape index (κ1) is 12.2. The zero-order valence-electron chi connectivity index (χ0n) is 10.7. The van der Waals surface area contributed by atoms with Gasteiger partial charge in [0.25, 0.3) is 0 Å². The minimum Gasteiger partial charge on any atom is -0.497 e. The first-order valence-corrected chi connectivity index (χ1v) is 5.75. The maximum atomic E-state index is 6.13. The largest absolute Gasteiger partial charge is 0.497 e. The van der Waals surface area contributed by atoms with Gasteiger partial charge >= 0.3 is 0 Å². The maximum absolute atomic E-state index is 6.13. The number of anilines is 1. The summed E-state index contributed by atoms with van der Waals surface area (Å²) < 4.78 is 7.14. The minimum absolute atomic E-state index is 0.653. The number of benzene rings is 1. The number of allylic oxidation sites excluding steroid dienone is 1. The van der Waals surface area contributed by atoms with Gasteiger partial charge in [-0.1, -0.05) is 18.2 Å². The fraction of sp³-hybridized carbons (Fsp3) is 0.214. The van der Waals surface area contributed by atoms with E-state index in [-0.39, 0.29) is 0 Å². The molecule has 0 aliphatic carbocycles. The number of nitrogens with zero attached hydrogens (tertiary/aromatic N) is 2. The number of imidazole rings is 1. The van der Waals surface area contributed by atoms with Crippen molar-refractivity contribution < 1.29 is 4.74 Å². The van der Waals surface area contributed by atoms with Gasteiger partial charge in [-0.2, -0.15) is 0 Å². The van der Waals surface area contributed by atoms with Crippen molar-refractivity contribution in [2.75, 3.05) is 12.8 Å². The third-order valence-electron chi connectivity index (χ3n) is 2.85.